The van der Waals surface area contributed by atoms with Crippen molar-refractivity contribution in [3.63, 3.8) is 0 Å². The molecule has 0 aliphatic carbocycles. The molecular formula is C15H9Cl2N5. The van der Waals surface area contributed by atoms with Gasteiger partial charge in [-0.2, -0.15) is 10.4 Å². The molecule has 0 spiro atoms. The van der Waals surface area contributed by atoms with E-state index in [0.29, 0.717) is 27.0 Å². The Hall–Kier alpha value is -2.55. The van der Waals surface area contributed by atoms with Gasteiger partial charge in [0.2, 0.25) is 0 Å². The average molecular weight is 330 g/mol. The molecule has 0 fully saturated rings. The first-order valence-electron chi connectivity index (χ1n) is 6.26. The molecule has 2 aromatic heterocycles. The van der Waals surface area contributed by atoms with Gasteiger partial charge in [0, 0.05) is 23.0 Å². The van der Waals surface area contributed by atoms with Crippen LogP contribution in [0.5, 0.6) is 0 Å². The van der Waals surface area contributed by atoms with Crippen LogP contribution in [0, 0.1) is 11.3 Å². The molecule has 0 bridgehead atoms. The molecule has 22 heavy (non-hydrogen) atoms. The molecular weight excluding hydrogens is 321 g/mol. The number of hydrogen-bond acceptors (Lipinski definition) is 4. The smallest absolute Gasteiger partial charge is 0.145 e. The maximum atomic E-state index is 9.40. The standard InChI is InChI=1S/C15H9Cl2N5/c16-9-1-2-11(13(17)7-9)14-12(8-18)15(19)22(21-14)10-3-5-20-6-4-10/h1-7H,19H2. The van der Waals surface area contributed by atoms with Crippen LogP contribution in [-0.4, -0.2) is 14.8 Å². The summed E-state index contributed by atoms with van der Waals surface area (Å²) in [6.45, 7) is 0. The van der Waals surface area contributed by atoms with E-state index in [1.165, 1.54) is 4.68 Å². The summed E-state index contributed by atoms with van der Waals surface area (Å²) in [5, 5.41) is 14.7. The van der Waals surface area contributed by atoms with E-state index >= 15 is 0 Å². The molecule has 0 amide bonds. The molecule has 0 radical (unpaired) electrons. The lowest BCUT2D eigenvalue weighted by atomic mass is 10.1. The number of rotatable bonds is 2. The highest BCUT2D eigenvalue weighted by molar-refractivity contribution is 6.36. The summed E-state index contributed by atoms with van der Waals surface area (Å²) in [7, 11) is 0. The highest BCUT2D eigenvalue weighted by Gasteiger charge is 2.19. The van der Waals surface area contributed by atoms with E-state index < -0.39 is 0 Å². The summed E-state index contributed by atoms with van der Waals surface area (Å²) >= 11 is 12.1. The van der Waals surface area contributed by atoms with Crippen LogP contribution >= 0.6 is 23.2 Å². The fourth-order valence-electron chi connectivity index (χ4n) is 2.09. The van der Waals surface area contributed by atoms with Gasteiger partial charge in [-0.3, -0.25) is 4.98 Å². The molecule has 7 heteroatoms. The van der Waals surface area contributed by atoms with Crippen molar-refractivity contribution >= 4 is 29.0 Å². The predicted octanol–water partition coefficient (Wildman–Crippen LogP) is 3.69. The quantitative estimate of drug-likeness (QED) is 0.777. The Bertz CT molecular complexity index is 881. The van der Waals surface area contributed by atoms with Gasteiger partial charge >= 0.3 is 0 Å². The van der Waals surface area contributed by atoms with E-state index in [0.717, 1.165) is 0 Å². The predicted molar refractivity (Wildman–Crippen MR) is 85.9 cm³/mol. The van der Waals surface area contributed by atoms with E-state index in [1.807, 2.05) is 0 Å². The lowest BCUT2D eigenvalue weighted by Gasteiger charge is -2.02. The highest BCUT2D eigenvalue weighted by atomic mass is 35.5. The Labute approximate surface area is 136 Å². The van der Waals surface area contributed by atoms with Gasteiger partial charge in [-0.15, -0.1) is 0 Å². The number of anilines is 1. The molecule has 0 aliphatic rings. The highest BCUT2D eigenvalue weighted by Crippen LogP contribution is 2.34. The number of hydrogen-bond donors (Lipinski definition) is 1. The number of aromatic nitrogens is 3. The zero-order valence-corrected chi connectivity index (χ0v) is 12.7. The molecule has 0 saturated heterocycles. The second kappa shape index (κ2) is 5.68. The third-order valence-electron chi connectivity index (χ3n) is 3.13. The van der Waals surface area contributed by atoms with Crippen LogP contribution in [0.4, 0.5) is 5.82 Å². The van der Waals surface area contributed by atoms with E-state index in [9.17, 15) is 5.26 Å². The van der Waals surface area contributed by atoms with Crippen LogP contribution < -0.4 is 5.73 Å². The minimum atomic E-state index is 0.245. The van der Waals surface area contributed by atoms with Crippen molar-refractivity contribution in [3.05, 3.63) is 58.3 Å². The molecule has 0 unspecified atom stereocenters. The fourth-order valence-corrected chi connectivity index (χ4v) is 2.59. The number of pyridine rings is 1. The van der Waals surface area contributed by atoms with Crippen LogP contribution in [0.1, 0.15) is 5.56 Å². The summed E-state index contributed by atoms with van der Waals surface area (Å²) < 4.78 is 1.49. The van der Waals surface area contributed by atoms with Crippen molar-refractivity contribution in [2.24, 2.45) is 0 Å². The van der Waals surface area contributed by atoms with Crippen molar-refractivity contribution in [1.82, 2.24) is 14.8 Å². The van der Waals surface area contributed by atoms with Gasteiger partial charge in [0.15, 0.2) is 0 Å². The molecule has 5 nitrogen and oxygen atoms in total. The molecule has 108 valence electrons. The number of benzene rings is 1. The Morgan fingerprint density at radius 3 is 2.50 bits per heavy atom. The molecule has 0 atom stereocenters. The van der Waals surface area contributed by atoms with Gasteiger partial charge in [-0.1, -0.05) is 23.2 Å². The van der Waals surface area contributed by atoms with Gasteiger partial charge in [0.05, 0.1) is 10.7 Å². The Morgan fingerprint density at radius 2 is 1.86 bits per heavy atom. The number of nitrogens with zero attached hydrogens (tertiary/aromatic N) is 4. The van der Waals surface area contributed by atoms with E-state index in [4.69, 9.17) is 28.9 Å². The first-order valence-corrected chi connectivity index (χ1v) is 7.02. The van der Waals surface area contributed by atoms with Crippen LogP contribution in [0.25, 0.3) is 16.9 Å². The van der Waals surface area contributed by atoms with Crippen molar-refractivity contribution in [2.45, 2.75) is 0 Å². The van der Waals surface area contributed by atoms with E-state index in [2.05, 4.69) is 16.2 Å². The zero-order valence-electron chi connectivity index (χ0n) is 11.2. The second-order valence-electron chi connectivity index (χ2n) is 4.46. The number of nitriles is 1. The Balaban J connectivity index is 2.24. The molecule has 1 aromatic carbocycles. The molecule has 3 aromatic rings. The third kappa shape index (κ3) is 2.39. The maximum Gasteiger partial charge on any atom is 0.145 e. The molecule has 0 saturated carbocycles. The Kier molecular flexibility index (Phi) is 3.72. The number of nitrogen functional groups attached to an aromatic ring is 1. The third-order valence-corrected chi connectivity index (χ3v) is 3.67. The van der Waals surface area contributed by atoms with Gasteiger partial charge in [-0.05, 0) is 30.3 Å². The first kappa shape index (κ1) is 14.4. The summed E-state index contributed by atoms with van der Waals surface area (Å²) in [6, 6.07) is 10.6. The van der Waals surface area contributed by atoms with E-state index in [1.54, 1.807) is 42.7 Å². The largest absolute Gasteiger partial charge is 0.382 e. The average Bonchev–Trinajstić information content (AvgIpc) is 2.84. The van der Waals surface area contributed by atoms with E-state index in [-0.39, 0.29) is 11.4 Å². The van der Waals surface area contributed by atoms with Crippen molar-refractivity contribution in [3.8, 4) is 23.0 Å². The van der Waals surface area contributed by atoms with Crippen molar-refractivity contribution < 1.29 is 0 Å². The van der Waals surface area contributed by atoms with Crippen molar-refractivity contribution in [2.75, 3.05) is 5.73 Å². The normalized spacial score (nSPS) is 10.4. The minimum absolute atomic E-state index is 0.245. The SMILES string of the molecule is N#Cc1c(-c2ccc(Cl)cc2Cl)nn(-c2ccncc2)c1N. The number of nitrogens with two attached hydrogens (primary N) is 1. The molecule has 0 aliphatic heterocycles. The first-order chi connectivity index (χ1) is 10.6. The summed E-state index contributed by atoms with van der Waals surface area (Å²) in [5.74, 6) is 0.245. The van der Waals surface area contributed by atoms with Gasteiger partial charge < -0.3 is 5.73 Å². The maximum absolute atomic E-state index is 9.40. The van der Waals surface area contributed by atoms with Crippen molar-refractivity contribution in [1.29, 1.82) is 5.26 Å². The monoisotopic (exact) mass is 329 g/mol. The van der Waals surface area contributed by atoms with Crippen LogP contribution in [0.15, 0.2) is 42.7 Å². The summed E-state index contributed by atoms with van der Waals surface area (Å²) in [5.41, 5.74) is 8.04. The van der Waals surface area contributed by atoms with Crippen LogP contribution in [-0.2, 0) is 0 Å². The molecule has 2 N–H and O–H groups in total. The lowest BCUT2D eigenvalue weighted by molar-refractivity contribution is 0.892. The van der Waals surface area contributed by atoms with Crippen LogP contribution in [0.3, 0.4) is 0 Å². The zero-order chi connectivity index (χ0) is 15.7. The minimum Gasteiger partial charge on any atom is -0.382 e. The molecule has 3 rings (SSSR count). The summed E-state index contributed by atoms with van der Waals surface area (Å²) in [6.07, 6.45) is 3.24. The van der Waals surface area contributed by atoms with Gasteiger partial charge in [-0.25, -0.2) is 4.68 Å². The van der Waals surface area contributed by atoms with Gasteiger partial charge in [0.1, 0.15) is 23.1 Å². The fraction of sp³-hybridized carbons (Fsp3) is 0. The Morgan fingerprint density at radius 1 is 1.14 bits per heavy atom. The molecule has 2 heterocycles. The number of halogens is 2. The second-order valence-corrected chi connectivity index (χ2v) is 5.31. The topological polar surface area (TPSA) is 80.5 Å². The lowest BCUT2D eigenvalue weighted by Crippen LogP contribution is -2.02. The van der Waals surface area contributed by atoms with Crippen LogP contribution in [0.2, 0.25) is 10.0 Å². The summed E-state index contributed by atoms with van der Waals surface area (Å²) in [4.78, 5) is 3.95. The van der Waals surface area contributed by atoms with Gasteiger partial charge in [0.25, 0.3) is 0 Å².